The van der Waals surface area contributed by atoms with E-state index in [2.05, 4.69) is 21.4 Å². The van der Waals surface area contributed by atoms with E-state index in [0.717, 1.165) is 11.3 Å². The summed E-state index contributed by atoms with van der Waals surface area (Å²) in [6, 6.07) is 10.2. The summed E-state index contributed by atoms with van der Waals surface area (Å²) in [6.07, 6.45) is 3.47. The van der Waals surface area contributed by atoms with Crippen molar-refractivity contribution >= 4 is 10.9 Å². The number of para-hydroxylation sites is 1. The predicted octanol–water partition coefficient (Wildman–Crippen LogP) is 1.75. The minimum atomic E-state index is 0.934. The molecule has 4 nitrogen and oxygen atoms in total. The van der Waals surface area contributed by atoms with Gasteiger partial charge in [-0.25, -0.2) is 4.68 Å². The lowest BCUT2D eigenvalue weighted by atomic mass is 10.2. The van der Waals surface area contributed by atoms with Crippen molar-refractivity contribution < 1.29 is 0 Å². The molecular weight excluding hydrogens is 176 g/mol. The smallest absolute Gasteiger partial charge is 0.134 e. The van der Waals surface area contributed by atoms with E-state index in [0.29, 0.717) is 0 Å². The Morgan fingerprint density at radius 1 is 1.21 bits per heavy atom. The number of rotatable bonds is 1. The van der Waals surface area contributed by atoms with Crippen molar-refractivity contribution in [1.82, 2.24) is 20.0 Å². The number of nitrogens with zero attached hydrogens (tertiary/aromatic N) is 3. The third-order valence-electron chi connectivity index (χ3n) is 2.19. The highest BCUT2D eigenvalue weighted by Gasteiger charge is 2.01. The van der Waals surface area contributed by atoms with Gasteiger partial charge in [-0.05, 0) is 12.1 Å². The van der Waals surface area contributed by atoms with Crippen molar-refractivity contribution in [2.75, 3.05) is 0 Å². The number of hydrogen-bond acceptors (Lipinski definition) is 2. The van der Waals surface area contributed by atoms with Crippen molar-refractivity contribution in [3.05, 3.63) is 42.7 Å². The van der Waals surface area contributed by atoms with Crippen LogP contribution in [-0.2, 0) is 0 Å². The quantitative estimate of drug-likeness (QED) is 0.626. The number of hydrogen-bond donors (Lipinski definition) is 1. The minimum Gasteiger partial charge on any atom is -0.340 e. The van der Waals surface area contributed by atoms with Crippen LogP contribution in [0.3, 0.4) is 0 Å². The van der Waals surface area contributed by atoms with E-state index in [-0.39, 0.29) is 0 Å². The van der Waals surface area contributed by atoms with Gasteiger partial charge in [-0.2, -0.15) is 0 Å². The zero-order valence-electron chi connectivity index (χ0n) is 7.38. The molecule has 0 radical (unpaired) electrons. The van der Waals surface area contributed by atoms with Crippen molar-refractivity contribution in [1.29, 1.82) is 0 Å². The summed E-state index contributed by atoms with van der Waals surface area (Å²) in [5.74, 6) is 0.934. The number of benzene rings is 1. The van der Waals surface area contributed by atoms with E-state index >= 15 is 0 Å². The molecule has 3 rings (SSSR count). The van der Waals surface area contributed by atoms with Crippen molar-refractivity contribution in [3.63, 3.8) is 0 Å². The Morgan fingerprint density at radius 3 is 2.93 bits per heavy atom. The average Bonchev–Trinajstić information content (AvgIpc) is 2.86. The highest BCUT2D eigenvalue weighted by molar-refractivity contribution is 5.81. The summed E-state index contributed by atoms with van der Waals surface area (Å²) in [7, 11) is 0. The number of nitrogens with one attached hydrogen (secondary N) is 1. The number of fused-ring (bicyclic) bond motifs is 1. The van der Waals surface area contributed by atoms with Gasteiger partial charge in [0, 0.05) is 10.9 Å². The van der Waals surface area contributed by atoms with Crippen LogP contribution in [0.5, 0.6) is 0 Å². The van der Waals surface area contributed by atoms with Gasteiger partial charge in [0.25, 0.3) is 0 Å². The fraction of sp³-hybridized carbons (Fsp3) is 0. The first-order chi connectivity index (χ1) is 6.93. The summed E-state index contributed by atoms with van der Waals surface area (Å²) in [5.41, 5.74) is 1.11. The number of aromatic nitrogens is 4. The minimum absolute atomic E-state index is 0.934. The van der Waals surface area contributed by atoms with Crippen LogP contribution in [0.2, 0.25) is 0 Å². The molecule has 0 unspecified atom stereocenters. The second-order valence-corrected chi connectivity index (χ2v) is 3.09. The van der Waals surface area contributed by atoms with Crippen LogP contribution >= 0.6 is 0 Å². The Kier molecular flexibility index (Phi) is 1.41. The Morgan fingerprint density at radius 2 is 2.14 bits per heavy atom. The Bertz CT molecular complexity index is 517. The fourth-order valence-electron chi connectivity index (χ4n) is 1.52. The molecule has 4 heteroatoms. The number of H-pyrrole nitrogens is 1. The largest absolute Gasteiger partial charge is 0.340 e. The van der Waals surface area contributed by atoms with Crippen LogP contribution in [-0.4, -0.2) is 20.0 Å². The fourth-order valence-corrected chi connectivity index (χ4v) is 1.52. The molecule has 0 aliphatic rings. The second-order valence-electron chi connectivity index (χ2n) is 3.09. The lowest BCUT2D eigenvalue weighted by molar-refractivity contribution is 0.788. The predicted molar refractivity (Wildman–Crippen MR) is 53.2 cm³/mol. The Labute approximate surface area is 80.2 Å². The van der Waals surface area contributed by atoms with Crippen LogP contribution in [0.4, 0.5) is 0 Å². The lowest BCUT2D eigenvalue weighted by Gasteiger charge is -1.91. The van der Waals surface area contributed by atoms with Crippen molar-refractivity contribution in [2.24, 2.45) is 0 Å². The summed E-state index contributed by atoms with van der Waals surface area (Å²) < 4.78 is 1.71. The zero-order chi connectivity index (χ0) is 9.38. The first kappa shape index (κ1) is 7.32. The molecule has 0 atom stereocenters. The van der Waals surface area contributed by atoms with E-state index in [4.69, 9.17) is 0 Å². The van der Waals surface area contributed by atoms with Gasteiger partial charge in [-0.15, -0.1) is 5.10 Å². The molecule has 0 fully saturated rings. The topological polar surface area (TPSA) is 46.5 Å². The standard InChI is InChI=1S/C10H8N4/c1-2-4-9-8(3-1)7-10(12-9)14-6-5-11-13-14/h1-7,12H. The van der Waals surface area contributed by atoms with E-state index < -0.39 is 0 Å². The molecule has 68 valence electrons. The van der Waals surface area contributed by atoms with Crippen LogP contribution < -0.4 is 0 Å². The van der Waals surface area contributed by atoms with Crippen LogP contribution in [0.1, 0.15) is 0 Å². The molecule has 0 saturated carbocycles. The van der Waals surface area contributed by atoms with Gasteiger partial charge < -0.3 is 4.98 Å². The van der Waals surface area contributed by atoms with E-state index in [1.807, 2.05) is 30.5 Å². The molecule has 0 saturated heterocycles. The number of aromatic amines is 1. The summed E-state index contributed by atoms with van der Waals surface area (Å²) in [4.78, 5) is 3.26. The maximum atomic E-state index is 3.92. The van der Waals surface area contributed by atoms with E-state index in [1.54, 1.807) is 10.9 Å². The van der Waals surface area contributed by atoms with Crippen LogP contribution in [0, 0.1) is 0 Å². The molecule has 2 aromatic heterocycles. The first-order valence-electron chi connectivity index (χ1n) is 4.38. The third kappa shape index (κ3) is 1.01. The van der Waals surface area contributed by atoms with Gasteiger partial charge in [0.2, 0.25) is 0 Å². The molecule has 0 bridgehead atoms. The molecule has 1 aromatic carbocycles. The van der Waals surface area contributed by atoms with Gasteiger partial charge in [-0.1, -0.05) is 23.4 Å². The summed E-state index contributed by atoms with van der Waals surface area (Å²) in [5, 5.41) is 8.86. The summed E-state index contributed by atoms with van der Waals surface area (Å²) >= 11 is 0. The van der Waals surface area contributed by atoms with E-state index in [1.165, 1.54) is 5.39 Å². The van der Waals surface area contributed by atoms with Crippen LogP contribution in [0.25, 0.3) is 16.7 Å². The molecule has 0 aliphatic heterocycles. The third-order valence-corrected chi connectivity index (χ3v) is 2.19. The monoisotopic (exact) mass is 184 g/mol. The average molecular weight is 184 g/mol. The lowest BCUT2D eigenvalue weighted by Crippen LogP contribution is -1.94. The van der Waals surface area contributed by atoms with Gasteiger partial charge in [0.15, 0.2) is 0 Å². The van der Waals surface area contributed by atoms with Gasteiger partial charge >= 0.3 is 0 Å². The van der Waals surface area contributed by atoms with Gasteiger partial charge in [-0.3, -0.25) is 0 Å². The molecule has 0 aliphatic carbocycles. The Hall–Kier alpha value is -2.10. The normalized spacial score (nSPS) is 10.9. The van der Waals surface area contributed by atoms with Gasteiger partial charge in [0.1, 0.15) is 5.82 Å². The molecule has 0 spiro atoms. The highest BCUT2D eigenvalue weighted by Crippen LogP contribution is 2.16. The summed E-state index contributed by atoms with van der Waals surface area (Å²) in [6.45, 7) is 0. The highest BCUT2D eigenvalue weighted by atomic mass is 15.4. The molecule has 14 heavy (non-hydrogen) atoms. The van der Waals surface area contributed by atoms with Crippen molar-refractivity contribution in [2.45, 2.75) is 0 Å². The molecular formula is C10H8N4. The van der Waals surface area contributed by atoms with Gasteiger partial charge in [0.05, 0.1) is 12.4 Å². The molecule has 1 N–H and O–H groups in total. The van der Waals surface area contributed by atoms with E-state index in [9.17, 15) is 0 Å². The Balaban J connectivity index is 2.24. The molecule has 2 heterocycles. The molecule has 3 aromatic rings. The first-order valence-corrected chi connectivity index (χ1v) is 4.38. The second kappa shape index (κ2) is 2.70. The van der Waals surface area contributed by atoms with Crippen LogP contribution in [0.15, 0.2) is 42.7 Å². The maximum Gasteiger partial charge on any atom is 0.134 e. The maximum absolute atomic E-state index is 3.92. The SMILES string of the molecule is c1ccc2[nH]c(-n3ccnn3)cc2c1. The zero-order valence-corrected chi connectivity index (χ0v) is 7.38. The van der Waals surface area contributed by atoms with Crippen molar-refractivity contribution in [3.8, 4) is 5.82 Å². The molecule has 0 amide bonds.